The Bertz CT molecular complexity index is 533. The number of thiazole rings is 1. The smallest absolute Gasteiger partial charge is 0.150 e. The van der Waals surface area contributed by atoms with Crippen molar-refractivity contribution in [3.63, 3.8) is 0 Å². The lowest BCUT2D eigenvalue weighted by molar-refractivity contribution is -0.116. The van der Waals surface area contributed by atoms with Crippen LogP contribution in [0.2, 0.25) is 0 Å². The minimum atomic E-state index is -2.84. The molecule has 4 nitrogen and oxygen atoms in total. The second-order valence-electron chi connectivity index (χ2n) is 4.93. The Morgan fingerprint density at radius 3 is 3.00 bits per heavy atom. The normalized spacial score (nSPS) is 22.8. The quantitative estimate of drug-likeness (QED) is 0.844. The van der Waals surface area contributed by atoms with Crippen molar-refractivity contribution >= 4 is 27.0 Å². The third-order valence-electron chi connectivity index (χ3n) is 3.05. The summed E-state index contributed by atoms with van der Waals surface area (Å²) >= 11 is 1.53. The molecule has 100 valence electrons. The number of Topliss-reactive ketones (excluding diaryl/α,β-unsaturated/α-hetero) is 1. The number of hydrogen-bond acceptors (Lipinski definition) is 5. The molecule has 6 heteroatoms. The van der Waals surface area contributed by atoms with Gasteiger partial charge in [-0.1, -0.05) is 0 Å². The maximum absolute atomic E-state index is 11.5. The van der Waals surface area contributed by atoms with Crippen molar-refractivity contribution < 1.29 is 13.2 Å². The van der Waals surface area contributed by atoms with Crippen LogP contribution in [0.5, 0.6) is 0 Å². The van der Waals surface area contributed by atoms with E-state index in [0.717, 1.165) is 29.1 Å². The Balaban J connectivity index is 1.97. The van der Waals surface area contributed by atoms with Gasteiger partial charge in [0.2, 0.25) is 0 Å². The summed E-state index contributed by atoms with van der Waals surface area (Å²) in [4.78, 5) is 16.2. The van der Waals surface area contributed by atoms with Crippen LogP contribution in [-0.4, -0.2) is 30.7 Å². The van der Waals surface area contributed by atoms with Crippen LogP contribution in [0, 0.1) is 5.92 Å². The molecule has 1 aliphatic rings. The highest BCUT2D eigenvalue weighted by Crippen LogP contribution is 2.24. The van der Waals surface area contributed by atoms with Crippen LogP contribution in [-0.2, 0) is 27.5 Å². The highest BCUT2D eigenvalue weighted by Gasteiger charge is 2.25. The summed E-state index contributed by atoms with van der Waals surface area (Å²) in [6, 6.07) is 0. The predicted octanol–water partition coefficient (Wildman–Crippen LogP) is 1.64. The highest BCUT2D eigenvalue weighted by molar-refractivity contribution is 7.91. The van der Waals surface area contributed by atoms with Crippen LogP contribution < -0.4 is 0 Å². The van der Waals surface area contributed by atoms with Gasteiger partial charge in [0.1, 0.15) is 5.78 Å². The highest BCUT2D eigenvalue weighted by atomic mass is 32.2. The van der Waals surface area contributed by atoms with Gasteiger partial charge in [0.05, 0.1) is 16.5 Å². The van der Waals surface area contributed by atoms with E-state index in [9.17, 15) is 13.2 Å². The summed E-state index contributed by atoms with van der Waals surface area (Å²) in [6.07, 6.45) is 4.61. The van der Waals surface area contributed by atoms with E-state index in [1.807, 2.05) is 0 Å². The Morgan fingerprint density at radius 1 is 1.56 bits per heavy atom. The molecule has 1 aromatic heterocycles. The third kappa shape index (κ3) is 3.88. The Hall–Kier alpha value is -0.750. The largest absolute Gasteiger partial charge is 0.300 e. The first-order valence-electron chi connectivity index (χ1n) is 6.08. The standard InChI is InChI=1S/C12H17NO3S2/c1-9(14)5-11-7-13-12(17-11)6-10-3-2-4-18(15,16)8-10/h7,10H,2-6,8H2,1H3. The summed E-state index contributed by atoms with van der Waals surface area (Å²) in [6.45, 7) is 1.56. The molecule has 1 aliphatic heterocycles. The van der Waals surface area contributed by atoms with Gasteiger partial charge in [-0.25, -0.2) is 13.4 Å². The van der Waals surface area contributed by atoms with Crippen LogP contribution in [0.4, 0.5) is 0 Å². The number of carbonyl (C=O) groups is 1. The van der Waals surface area contributed by atoms with Crippen molar-refractivity contribution in [2.45, 2.75) is 32.6 Å². The molecule has 1 unspecified atom stereocenters. The lowest BCUT2D eigenvalue weighted by Crippen LogP contribution is -2.26. The average Bonchev–Trinajstić information content (AvgIpc) is 2.62. The molecule has 1 fully saturated rings. The van der Waals surface area contributed by atoms with E-state index >= 15 is 0 Å². The van der Waals surface area contributed by atoms with Crippen molar-refractivity contribution in [3.8, 4) is 0 Å². The van der Waals surface area contributed by atoms with Gasteiger partial charge in [0.15, 0.2) is 9.84 Å². The minimum absolute atomic E-state index is 0.130. The molecule has 2 rings (SSSR count). The van der Waals surface area contributed by atoms with Crippen LogP contribution in [0.1, 0.15) is 29.7 Å². The summed E-state index contributed by atoms with van der Waals surface area (Å²) in [7, 11) is -2.84. The number of ketones is 1. The van der Waals surface area contributed by atoms with Crippen molar-refractivity contribution in [2.75, 3.05) is 11.5 Å². The van der Waals surface area contributed by atoms with Gasteiger partial charge in [-0.15, -0.1) is 11.3 Å². The summed E-state index contributed by atoms with van der Waals surface area (Å²) < 4.78 is 23.1. The van der Waals surface area contributed by atoms with Gasteiger partial charge in [0, 0.05) is 23.9 Å². The molecule has 1 atom stereocenters. The van der Waals surface area contributed by atoms with Crippen LogP contribution in [0.15, 0.2) is 6.20 Å². The van der Waals surface area contributed by atoms with Gasteiger partial charge < -0.3 is 0 Å². The number of nitrogens with zero attached hydrogens (tertiary/aromatic N) is 1. The van der Waals surface area contributed by atoms with E-state index in [-0.39, 0.29) is 17.5 Å². The molecule has 0 saturated carbocycles. The van der Waals surface area contributed by atoms with Gasteiger partial charge >= 0.3 is 0 Å². The topological polar surface area (TPSA) is 64.1 Å². The van der Waals surface area contributed by atoms with Crippen molar-refractivity contribution in [1.82, 2.24) is 4.98 Å². The van der Waals surface area contributed by atoms with Gasteiger partial charge in [-0.3, -0.25) is 4.79 Å². The van der Waals surface area contributed by atoms with Gasteiger partial charge in [0.25, 0.3) is 0 Å². The molecular formula is C12H17NO3S2. The molecule has 0 spiro atoms. The Kier molecular flexibility index (Phi) is 4.17. The predicted molar refractivity (Wildman–Crippen MR) is 71.6 cm³/mol. The van der Waals surface area contributed by atoms with E-state index in [4.69, 9.17) is 0 Å². The van der Waals surface area contributed by atoms with Crippen molar-refractivity contribution in [1.29, 1.82) is 0 Å². The van der Waals surface area contributed by atoms with Crippen molar-refractivity contribution in [2.24, 2.45) is 5.92 Å². The number of sulfone groups is 1. The fourth-order valence-electron chi connectivity index (χ4n) is 2.30. The number of aromatic nitrogens is 1. The maximum atomic E-state index is 11.5. The second-order valence-corrected chi connectivity index (χ2v) is 8.35. The van der Waals surface area contributed by atoms with Crippen LogP contribution in [0.25, 0.3) is 0 Å². The minimum Gasteiger partial charge on any atom is -0.300 e. The van der Waals surface area contributed by atoms with Crippen LogP contribution in [0.3, 0.4) is 0 Å². The zero-order chi connectivity index (χ0) is 13.2. The molecule has 1 aromatic rings. The first-order valence-corrected chi connectivity index (χ1v) is 8.72. The fourth-order valence-corrected chi connectivity index (χ4v) is 5.18. The lowest BCUT2D eigenvalue weighted by Gasteiger charge is -2.20. The molecule has 0 aromatic carbocycles. The Morgan fingerprint density at radius 2 is 2.33 bits per heavy atom. The van der Waals surface area contributed by atoms with E-state index in [1.165, 1.54) is 11.3 Å². The zero-order valence-electron chi connectivity index (χ0n) is 10.4. The molecule has 0 bridgehead atoms. The van der Waals surface area contributed by atoms with E-state index in [0.29, 0.717) is 12.2 Å². The molecule has 0 N–H and O–H groups in total. The van der Waals surface area contributed by atoms with Crippen LogP contribution >= 0.6 is 11.3 Å². The van der Waals surface area contributed by atoms with E-state index < -0.39 is 9.84 Å². The SMILES string of the molecule is CC(=O)Cc1cnc(CC2CCCS(=O)(=O)C2)s1. The molecule has 18 heavy (non-hydrogen) atoms. The first kappa shape index (κ1) is 13.7. The molecule has 0 aliphatic carbocycles. The van der Waals surface area contributed by atoms with E-state index in [1.54, 1.807) is 13.1 Å². The first-order chi connectivity index (χ1) is 8.44. The van der Waals surface area contributed by atoms with Gasteiger partial charge in [-0.05, 0) is 25.7 Å². The molecule has 0 amide bonds. The van der Waals surface area contributed by atoms with Crippen molar-refractivity contribution in [3.05, 3.63) is 16.1 Å². The van der Waals surface area contributed by atoms with Gasteiger partial charge in [-0.2, -0.15) is 0 Å². The maximum Gasteiger partial charge on any atom is 0.150 e. The monoisotopic (exact) mass is 287 g/mol. The van der Waals surface area contributed by atoms with E-state index in [2.05, 4.69) is 4.98 Å². The fraction of sp³-hybridized carbons (Fsp3) is 0.667. The zero-order valence-corrected chi connectivity index (χ0v) is 12.0. The molecular weight excluding hydrogens is 270 g/mol. The molecule has 0 radical (unpaired) electrons. The second kappa shape index (κ2) is 5.48. The number of rotatable bonds is 4. The number of carbonyl (C=O) groups excluding carboxylic acids is 1. The average molecular weight is 287 g/mol. The third-order valence-corrected chi connectivity index (χ3v) is 5.95. The summed E-state index contributed by atoms with van der Waals surface area (Å²) in [5, 5.41) is 0.952. The molecule has 1 saturated heterocycles. The number of hydrogen-bond donors (Lipinski definition) is 0. The molecule has 2 heterocycles. The summed E-state index contributed by atoms with van der Waals surface area (Å²) in [5.74, 6) is 0.941. The Labute approximate surface area is 111 Å². The summed E-state index contributed by atoms with van der Waals surface area (Å²) in [5.41, 5.74) is 0. The lowest BCUT2D eigenvalue weighted by atomic mass is 10.0.